The molecule has 0 aromatic heterocycles. The van der Waals surface area contributed by atoms with Crippen LogP contribution < -0.4 is 5.32 Å². The van der Waals surface area contributed by atoms with Crippen molar-refractivity contribution in [3.05, 3.63) is 34.1 Å². The molecule has 1 saturated heterocycles. The summed E-state index contributed by atoms with van der Waals surface area (Å²) < 4.78 is 19.3. The second-order valence-corrected chi connectivity index (χ2v) is 5.50. The highest BCUT2D eigenvalue weighted by Crippen LogP contribution is 2.17. The van der Waals surface area contributed by atoms with Crippen LogP contribution in [-0.2, 0) is 11.3 Å². The molecule has 1 aromatic rings. The van der Waals surface area contributed by atoms with E-state index in [4.69, 9.17) is 4.74 Å². The van der Waals surface area contributed by atoms with Crippen LogP contribution in [0.2, 0.25) is 0 Å². The Morgan fingerprint density at radius 2 is 2.39 bits per heavy atom. The summed E-state index contributed by atoms with van der Waals surface area (Å²) in [5.74, 6) is -0.221. The number of likely N-dealkylation sites (N-methyl/N-ethyl adjacent to an activating group) is 1. The van der Waals surface area contributed by atoms with Crippen LogP contribution in [0.25, 0.3) is 0 Å². The number of nitrogens with one attached hydrogen (secondary N) is 1. The molecule has 100 valence electrons. The molecule has 0 spiro atoms. The highest BCUT2D eigenvalue weighted by Gasteiger charge is 2.15. The van der Waals surface area contributed by atoms with E-state index in [0.29, 0.717) is 4.47 Å². The summed E-state index contributed by atoms with van der Waals surface area (Å²) in [6, 6.07) is 5.13. The van der Waals surface area contributed by atoms with Gasteiger partial charge in [-0.05, 0) is 40.7 Å². The number of rotatable bonds is 4. The second-order valence-electron chi connectivity index (χ2n) is 4.64. The predicted octanol–water partition coefficient (Wildman–Crippen LogP) is 2.01. The molecule has 3 nitrogen and oxygen atoms in total. The standard InChI is InChI=1S/C13H18BrFN2O/c1-17(9-11-7-16-4-5-18-11)8-10-2-3-13(15)12(14)6-10/h2-3,6,11,16H,4-5,7-9H2,1H3. The summed E-state index contributed by atoms with van der Waals surface area (Å²) in [6.45, 7) is 4.28. The molecule has 1 unspecified atom stereocenters. The Morgan fingerprint density at radius 1 is 1.56 bits per heavy atom. The fourth-order valence-electron chi connectivity index (χ4n) is 2.10. The number of ether oxygens (including phenoxy) is 1. The molecular formula is C13H18BrFN2O. The van der Waals surface area contributed by atoms with Gasteiger partial charge in [-0.2, -0.15) is 0 Å². The fraction of sp³-hybridized carbons (Fsp3) is 0.538. The first-order valence-corrected chi connectivity index (χ1v) is 6.89. The number of benzene rings is 1. The van der Waals surface area contributed by atoms with Crippen molar-refractivity contribution in [2.45, 2.75) is 12.6 Å². The average Bonchev–Trinajstić information content (AvgIpc) is 2.35. The molecule has 1 aliphatic rings. The molecule has 0 radical (unpaired) electrons. The van der Waals surface area contributed by atoms with Gasteiger partial charge in [-0.15, -0.1) is 0 Å². The van der Waals surface area contributed by atoms with Crippen molar-refractivity contribution in [1.29, 1.82) is 0 Å². The predicted molar refractivity (Wildman–Crippen MR) is 73.0 cm³/mol. The average molecular weight is 317 g/mol. The van der Waals surface area contributed by atoms with E-state index >= 15 is 0 Å². The minimum Gasteiger partial charge on any atom is -0.374 e. The molecule has 1 atom stereocenters. The molecule has 1 aliphatic heterocycles. The Balaban J connectivity index is 1.85. The van der Waals surface area contributed by atoms with Crippen molar-refractivity contribution >= 4 is 15.9 Å². The molecule has 5 heteroatoms. The summed E-state index contributed by atoms with van der Waals surface area (Å²) >= 11 is 3.21. The lowest BCUT2D eigenvalue weighted by atomic mass is 10.2. The fourth-order valence-corrected chi connectivity index (χ4v) is 2.53. The lowest BCUT2D eigenvalue weighted by Gasteiger charge is -2.28. The molecule has 0 amide bonds. The summed E-state index contributed by atoms with van der Waals surface area (Å²) in [4.78, 5) is 2.19. The van der Waals surface area contributed by atoms with E-state index in [1.165, 1.54) is 6.07 Å². The minimum atomic E-state index is -0.221. The number of halogens is 2. The first-order valence-electron chi connectivity index (χ1n) is 6.10. The van der Waals surface area contributed by atoms with Crippen LogP contribution in [0.5, 0.6) is 0 Å². The third-order valence-corrected chi connectivity index (χ3v) is 3.56. The van der Waals surface area contributed by atoms with E-state index < -0.39 is 0 Å². The largest absolute Gasteiger partial charge is 0.374 e. The summed E-state index contributed by atoms with van der Waals surface area (Å²) in [7, 11) is 2.05. The monoisotopic (exact) mass is 316 g/mol. The van der Waals surface area contributed by atoms with Crippen molar-refractivity contribution in [3.8, 4) is 0 Å². The quantitative estimate of drug-likeness (QED) is 0.919. The van der Waals surface area contributed by atoms with E-state index in [9.17, 15) is 4.39 Å². The van der Waals surface area contributed by atoms with Crippen LogP contribution in [0.3, 0.4) is 0 Å². The van der Waals surface area contributed by atoms with Crippen molar-refractivity contribution in [2.24, 2.45) is 0 Å². The van der Waals surface area contributed by atoms with Gasteiger partial charge in [0.05, 0.1) is 17.2 Å². The van der Waals surface area contributed by atoms with E-state index in [2.05, 4.69) is 33.2 Å². The molecule has 1 fully saturated rings. The van der Waals surface area contributed by atoms with Crippen LogP contribution in [0.15, 0.2) is 22.7 Å². The first-order chi connectivity index (χ1) is 8.65. The summed E-state index contributed by atoms with van der Waals surface area (Å²) in [5.41, 5.74) is 1.09. The highest BCUT2D eigenvalue weighted by molar-refractivity contribution is 9.10. The molecular weight excluding hydrogens is 299 g/mol. The number of nitrogens with zero attached hydrogens (tertiary/aromatic N) is 1. The zero-order valence-electron chi connectivity index (χ0n) is 10.5. The minimum absolute atomic E-state index is 0.221. The van der Waals surface area contributed by atoms with Crippen molar-refractivity contribution < 1.29 is 9.13 Å². The normalized spacial score (nSPS) is 20.3. The molecule has 0 aliphatic carbocycles. The molecule has 1 heterocycles. The van der Waals surface area contributed by atoms with E-state index in [1.807, 2.05) is 12.1 Å². The molecule has 0 bridgehead atoms. The second kappa shape index (κ2) is 6.61. The summed E-state index contributed by atoms with van der Waals surface area (Å²) in [5, 5.41) is 3.31. The maximum Gasteiger partial charge on any atom is 0.137 e. The molecule has 18 heavy (non-hydrogen) atoms. The number of hydrogen-bond acceptors (Lipinski definition) is 3. The molecule has 1 N–H and O–H groups in total. The van der Waals surface area contributed by atoms with Gasteiger partial charge in [0.2, 0.25) is 0 Å². The van der Waals surface area contributed by atoms with Crippen LogP contribution in [0.4, 0.5) is 4.39 Å². The maximum absolute atomic E-state index is 13.1. The van der Waals surface area contributed by atoms with Crippen molar-refractivity contribution in [1.82, 2.24) is 10.2 Å². The van der Waals surface area contributed by atoms with Gasteiger partial charge in [0.1, 0.15) is 5.82 Å². The Kier molecular flexibility index (Phi) is 5.12. The van der Waals surface area contributed by atoms with E-state index in [1.54, 1.807) is 0 Å². The number of hydrogen-bond donors (Lipinski definition) is 1. The highest BCUT2D eigenvalue weighted by atomic mass is 79.9. The van der Waals surface area contributed by atoms with E-state index in [-0.39, 0.29) is 11.9 Å². The van der Waals surface area contributed by atoms with Gasteiger partial charge in [-0.1, -0.05) is 6.07 Å². The Labute approximate surface area is 115 Å². The SMILES string of the molecule is CN(Cc1ccc(F)c(Br)c1)CC1CNCCO1. The topological polar surface area (TPSA) is 24.5 Å². The summed E-state index contributed by atoms with van der Waals surface area (Å²) in [6.07, 6.45) is 0.243. The smallest absolute Gasteiger partial charge is 0.137 e. The Hall–Kier alpha value is -0.490. The van der Waals surface area contributed by atoms with Crippen molar-refractivity contribution in [3.63, 3.8) is 0 Å². The van der Waals surface area contributed by atoms with Gasteiger partial charge in [0, 0.05) is 26.2 Å². The lowest BCUT2D eigenvalue weighted by Crippen LogP contribution is -2.44. The molecule has 2 rings (SSSR count). The van der Waals surface area contributed by atoms with Gasteiger partial charge in [0.15, 0.2) is 0 Å². The zero-order chi connectivity index (χ0) is 13.0. The third-order valence-electron chi connectivity index (χ3n) is 2.96. The van der Waals surface area contributed by atoms with Crippen LogP contribution >= 0.6 is 15.9 Å². The van der Waals surface area contributed by atoms with Gasteiger partial charge in [0.25, 0.3) is 0 Å². The molecule has 1 aromatic carbocycles. The van der Waals surface area contributed by atoms with Gasteiger partial charge >= 0.3 is 0 Å². The van der Waals surface area contributed by atoms with Crippen molar-refractivity contribution in [2.75, 3.05) is 33.3 Å². The van der Waals surface area contributed by atoms with Crippen LogP contribution in [0.1, 0.15) is 5.56 Å². The Bertz CT molecular complexity index is 397. The van der Waals surface area contributed by atoms with Gasteiger partial charge in [-0.25, -0.2) is 4.39 Å². The Morgan fingerprint density at radius 3 is 3.06 bits per heavy atom. The zero-order valence-corrected chi connectivity index (χ0v) is 12.0. The number of morpholine rings is 1. The van der Waals surface area contributed by atoms with E-state index in [0.717, 1.165) is 38.3 Å². The molecule has 0 saturated carbocycles. The van der Waals surface area contributed by atoms with Crippen LogP contribution in [0, 0.1) is 5.82 Å². The first kappa shape index (κ1) is 13.9. The third kappa shape index (κ3) is 4.02. The maximum atomic E-state index is 13.1. The van der Waals surface area contributed by atoms with Gasteiger partial charge in [-0.3, -0.25) is 4.90 Å². The van der Waals surface area contributed by atoms with Crippen LogP contribution in [-0.4, -0.2) is 44.3 Å². The lowest BCUT2D eigenvalue weighted by molar-refractivity contribution is 0.00884. The van der Waals surface area contributed by atoms with Gasteiger partial charge < -0.3 is 10.1 Å².